The molecule has 0 unspecified atom stereocenters. The lowest BCUT2D eigenvalue weighted by Crippen LogP contribution is -2.31. The maximum Gasteiger partial charge on any atom is 0.339 e. The largest absolute Gasteiger partial charge is 0.452 e. The van der Waals surface area contributed by atoms with Crippen LogP contribution in [0.3, 0.4) is 0 Å². The highest BCUT2D eigenvalue weighted by molar-refractivity contribution is 7.12. The normalized spacial score (nSPS) is 11.8. The van der Waals surface area contributed by atoms with Crippen LogP contribution in [0.2, 0.25) is 5.02 Å². The highest BCUT2D eigenvalue weighted by Crippen LogP contribution is 2.22. The molecule has 0 saturated carbocycles. The van der Waals surface area contributed by atoms with Gasteiger partial charge in [-0.2, -0.15) is 0 Å². The van der Waals surface area contributed by atoms with E-state index in [0.717, 1.165) is 15.3 Å². The molecule has 1 heterocycles. The van der Waals surface area contributed by atoms with Gasteiger partial charge in [0.1, 0.15) is 0 Å². The van der Waals surface area contributed by atoms with E-state index in [1.165, 1.54) is 11.3 Å². The topological polar surface area (TPSA) is 55.4 Å². The van der Waals surface area contributed by atoms with Crippen molar-refractivity contribution in [1.82, 2.24) is 5.32 Å². The smallest absolute Gasteiger partial charge is 0.339 e. The summed E-state index contributed by atoms with van der Waals surface area (Å²) in [5, 5.41) is 3.35. The monoisotopic (exact) mass is 351 g/mol. The van der Waals surface area contributed by atoms with Crippen LogP contribution in [0, 0.1) is 13.8 Å². The molecule has 1 N–H and O–H groups in total. The van der Waals surface area contributed by atoms with Crippen LogP contribution in [0.15, 0.2) is 30.3 Å². The Balaban J connectivity index is 1.89. The summed E-state index contributed by atoms with van der Waals surface area (Å²) in [6.45, 7) is 5.29. The second kappa shape index (κ2) is 7.62. The van der Waals surface area contributed by atoms with E-state index in [2.05, 4.69) is 5.32 Å². The number of ether oxygens (including phenoxy) is 1. The van der Waals surface area contributed by atoms with Crippen molar-refractivity contribution in [3.8, 4) is 0 Å². The lowest BCUT2D eigenvalue weighted by Gasteiger charge is -2.15. The Kier molecular flexibility index (Phi) is 5.80. The first-order valence-electron chi connectivity index (χ1n) is 7.16. The third-order valence-electron chi connectivity index (χ3n) is 3.34. The molecule has 1 aromatic carbocycles. The number of benzene rings is 1. The Morgan fingerprint density at radius 1 is 1.30 bits per heavy atom. The van der Waals surface area contributed by atoms with Gasteiger partial charge in [0.15, 0.2) is 6.61 Å². The van der Waals surface area contributed by atoms with Crippen LogP contribution in [0.5, 0.6) is 0 Å². The SMILES string of the molecule is Cc1cc(C(=O)OCC(=O)N[C@H](C)c2ccccc2Cl)c(C)s1. The van der Waals surface area contributed by atoms with Crippen LogP contribution in [0.25, 0.3) is 0 Å². The van der Waals surface area contributed by atoms with Crippen LogP contribution >= 0.6 is 22.9 Å². The number of halogens is 1. The molecule has 0 spiro atoms. The standard InChI is InChI=1S/C17H18ClNO3S/c1-10-8-14(12(3)23-10)17(21)22-9-16(20)19-11(2)13-6-4-5-7-15(13)18/h4-8,11H,9H2,1-3H3,(H,19,20)/t11-/m1/s1. The number of thiophene rings is 1. The molecule has 0 fully saturated rings. The van der Waals surface area contributed by atoms with E-state index < -0.39 is 5.97 Å². The zero-order chi connectivity index (χ0) is 17.0. The summed E-state index contributed by atoms with van der Waals surface area (Å²) in [4.78, 5) is 25.8. The van der Waals surface area contributed by atoms with Gasteiger partial charge in [-0.25, -0.2) is 4.79 Å². The molecule has 1 atom stereocenters. The van der Waals surface area contributed by atoms with Crippen molar-refractivity contribution >= 4 is 34.8 Å². The van der Waals surface area contributed by atoms with Crippen molar-refractivity contribution in [3.05, 3.63) is 56.2 Å². The van der Waals surface area contributed by atoms with Crippen LogP contribution in [-0.4, -0.2) is 18.5 Å². The Bertz CT molecular complexity index is 726. The molecular formula is C17H18ClNO3S. The fraction of sp³-hybridized carbons (Fsp3) is 0.294. The Morgan fingerprint density at radius 3 is 2.61 bits per heavy atom. The van der Waals surface area contributed by atoms with Gasteiger partial charge in [-0.1, -0.05) is 29.8 Å². The van der Waals surface area contributed by atoms with Gasteiger partial charge < -0.3 is 10.1 Å². The summed E-state index contributed by atoms with van der Waals surface area (Å²) in [7, 11) is 0. The van der Waals surface area contributed by atoms with E-state index in [4.69, 9.17) is 16.3 Å². The van der Waals surface area contributed by atoms with Crippen LogP contribution in [-0.2, 0) is 9.53 Å². The number of rotatable bonds is 5. The van der Waals surface area contributed by atoms with Crippen molar-refractivity contribution in [3.63, 3.8) is 0 Å². The minimum absolute atomic E-state index is 0.264. The molecule has 0 radical (unpaired) electrons. The first-order chi connectivity index (χ1) is 10.9. The lowest BCUT2D eigenvalue weighted by molar-refractivity contribution is -0.124. The van der Waals surface area contributed by atoms with Gasteiger partial charge in [0.05, 0.1) is 11.6 Å². The third kappa shape index (κ3) is 4.56. The molecule has 0 aliphatic carbocycles. The van der Waals surface area contributed by atoms with Crippen LogP contribution in [0.1, 0.15) is 38.6 Å². The number of carbonyl (C=O) groups is 2. The van der Waals surface area contributed by atoms with E-state index in [1.54, 1.807) is 12.1 Å². The maximum absolute atomic E-state index is 12.0. The maximum atomic E-state index is 12.0. The molecule has 122 valence electrons. The molecule has 6 heteroatoms. The molecule has 23 heavy (non-hydrogen) atoms. The summed E-state index contributed by atoms with van der Waals surface area (Å²) < 4.78 is 5.07. The molecule has 0 saturated heterocycles. The van der Waals surface area contributed by atoms with Crippen molar-refractivity contribution in [1.29, 1.82) is 0 Å². The fourth-order valence-electron chi connectivity index (χ4n) is 2.23. The summed E-state index contributed by atoms with van der Waals surface area (Å²) in [6.07, 6.45) is 0. The number of hydrogen-bond acceptors (Lipinski definition) is 4. The number of hydrogen-bond donors (Lipinski definition) is 1. The molecule has 2 aromatic rings. The molecule has 0 bridgehead atoms. The Morgan fingerprint density at radius 2 is 2.00 bits per heavy atom. The molecule has 0 aliphatic rings. The molecule has 4 nitrogen and oxygen atoms in total. The van der Waals surface area contributed by atoms with E-state index in [1.807, 2.05) is 39.0 Å². The van der Waals surface area contributed by atoms with Crippen molar-refractivity contribution in [2.45, 2.75) is 26.8 Å². The van der Waals surface area contributed by atoms with Gasteiger partial charge in [0.2, 0.25) is 0 Å². The van der Waals surface area contributed by atoms with E-state index in [9.17, 15) is 9.59 Å². The predicted octanol–water partition coefficient (Wildman–Crippen LogP) is 4.05. The zero-order valence-corrected chi connectivity index (χ0v) is 14.8. The van der Waals surface area contributed by atoms with E-state index >= 15 is 0 Å². The van der Waals surface area contributed by atoms with Crippen molar-refractivity contribution in [2.24, 2.45) is 0 Å². The number of amides is 1. The van der Waals surface area contributed by atoms with Crippen molar-refractivity contribution in [2.75, 3.05) is 6.61 Å². The molecule has 1 amide bonds. The first-order valence-corrected chi connectivity index (χ1v) is 8.36. The second-order valence-corrected chi connectivity index (χ2v) is 7.08. The number of esters is 1. The van der Waals surface area contributed by atoms with Gasteiger partial charge >= 0.3 is 5.97 Å². The highest BCUT2D eigenvalue weighted by atomic mass is 35.5. The average Bonchev–Trinajstić information content (AvgIpc) is 2.84. The molecule has 0 aliphatic heterocycles. The summed E-state index contributed by atoms with van der Waals surface area (Å²) in [6, 6.07) is 8.80. The Hall–Kier alpha value is -1.85. The van der Waals surface area contributed by atoms with E-state index in [0.29, 0.717) is 10.6 Å². The van der Waals surface area contributed by atoms with Gasteiger partial charge in [0, 0.05) is 14.8 Å². The summed E-state index contributed by atoms with van der Waals surface area (Å²) >= 11 is 7.62. The van der Waals surface area contributed by atoms with Gasteiger partial charge in [-0.3, -0.25) is 4.79 Å². The van der Waals surface area contributed by atoms with Crippen LogP contribution in [0.4, 0.5) is 0 Å². The summed E-state index contributed by atoms with van der Waals surface area (Å²) in [5.41, 5.74) is 1.33. The number of carbonyl (C=O) groups excluding carboxylic acids is 2. The first kappa shape index (κ1) is 17.5. The average molecular weight is 352 g/mol. The lowest BCUT2D eigenvalue weighted by atomic mass is 10.1. The highest BCUT2D eigenvalue weighted by Gasteiger charge is 2.17. The van der Waals surface area contributed by atoms with Gasteiger partial charge in [-0.05, 0) is 38.5 Å². The third-order valence-corrected chi connectivity index (χ3v) is 4.65. The minimum atomic E-state index is -0.479. The van der Waals surface area contributed by atoms with Gasteiger partial charge in [0.25, 0.3) is 5.91 Å². The molecular weight excluding hydrogens is 334 g/mol. The quantitative estimate of drug-likeness (QED) is 0.827. The number of nitrogens with one attached hydrogen (secondary N) is 1. The zero-order valence-electron chi connectivity index (χ0n) is 13.2. The summed E-state index contributed by atoms with van der Waals surface area (Å²) in [5.74, 6) is -0.845. The van der Waals surface area contributed by atoms with Crippen LogP contribution < -0.4 is 5.32 Å². The second-order valence-electron chi connectivity index (χ2n) is 5.21. The van der Waals surface area contributed by atoms with Crippen molar-refractivity contribution < 1.29 is 14.3 Å². The predicted molar refractivity (Wildman–Crippen MR) is 92.1 cm³/mol. The fourth-order valence-corrected chi connectivity index (χ4v) is 3.44. The van der Waals surface area contributed by atoms with E-state index in [-0.39, 0.29) is 18.6 Å². The minimum Gasteiger partial charge on any atom is -0.452 e. The molecule has 2 rings (SSSR count). The van der Waals surface area contributed by atoms with Gasteiger partial charge in [-0.15, -0.1) is 11.3 Å². The number of aryl methyl sites for hydroxylation is 2. The molecule has 1 aromatic heterocycles. The Labute approximate surface area is 144 Å².